The van der Waals surface area contributed by atoms with Crippen LogP contribution in [0.4, 0.5) is 0 Å². The summed E-state index contributed by atoms with van der Waals surface area (Å²) in [5.74, 6) is 0. The number of nitrogens with two attached hydrogens (primary N) is 1. The molecule has 0 bridgehead atoms. The molecule has 0 saturated carbocycles. The molecule has 5 heteroatoms. The van der Waals surface area contributed by atoms with Gasteiger partial charge in [-0.05, 0) is 34.1 Å². The minimum atomic E-state index is -0.415. The van der Waals surface area contributed by atoms with Crippen molar-refractivity contribution in [2.24, 2.45) is 5.73 Å². The Bertz CT molecular complexity index is 454. The van der Waals surface area contributed by atoms with Gasteiger partial charge in [0.1, 0.15) is 0 Å². The normalized spacial score (nSPS) is 13.4. The molecule has 0 spiro atoms. The van der Waals surface area contributed by atoms with Crippen molar-refractivity contribution in [2.45, 2.75) is 6.04 Å². The van der Waals surface area contributed by atoms with E-state index in [1.54, 1.807) is 4.52 Å². The maximum atomic E-state index is 8.90. The number of hydrogen-bond acceptors (Lipinski definition) is 3. The first-order valence-corrected chi connectivity index (χ1v) is 5.02. The van der Waals surface area contributed by atoms with Crippen LogP contribution in [0.25, 0.3) is 5.52 Å². The maximum Gasteiger partial charge on any atom is 0.0826 e. The minimum Gasteiger partial charge on any atom is -0.394 e. The number of pyridine rings is 1. The molecule has 74 valence electrons. The Labute approximate surface area is 89.5 Å². The zero-order valence-electron chi connectivity index (χ0n) is 7.39. The second-order valence-electron chi connectivity index (χ2n) is 3.04. The monoisotopic (exact) mass is 255 g/mol. The zero-order valence-corrected chi connectivity index (χ0v) is 8.98. The van der Waals surface area contributed by atoms with E-state index in [0.29, 0.717) is 5.69 Å². The van der Waals surface area contributed by atoms with Gasteiger partial charge in [-0.1, -0.05) is 0 Å². The quantitative estimate of drug-likeness (QED) is 0.845. The van der Waals surface area contributed by atoms with Crippen molar-refractivity contribution in [1.29, 1.82) is 0 Å². The van der Waals surface area contributed by atoms with Crippen LogP contribution in [0.15, 0.2) is 28.9 Å². The number of nitrogens with zero attached hydrogens (tertiary/aromatic N) is 2. The van der Waals surface area contributed by atoms with Crippen molar-refractivity contribution in [3.8, 4) is 0 Å². The van der Waals surface area contributed by atoms with Gasteiger partial charge in [-0.15, -0.1) is 0 Å². The number of halogens is 1. The summed E-state index contributed by atoms with van der Waals surface area (Å²) in [6.07, 6.45) is 1.84. The van der Waals surface area contributed by atoms with Gasteiger partial charge >= 0.3 is 0 Å². The molecule has 0 aromatic carbocycles. The third-order valence-electron chi connectivity index (χ3n) is 2.05. The van der Waals surface area contributed by atoms with Crippen LogP contribution in [0.3, 0.4) is 0 Å². The highest BCUT2D eigenvalue weighted by atomic mass is 79.9. The first-order valence-electron chi connectivity index (χ1n) is 4.22. The highest BCUT2D eigenvalue weighted by Gasteiger charge is 2.10. The highest BCUT2D eigenvalue weighted by molar-refractivity contribution is 9.10. The summed E-state index contributed by atoms with van der Waals surface area (Å²) in [5.41, 5.74) is 7.31. The van der Waals surface area contributed by atoms with Crippen LogP contribution in [-0.2, 0) is 0 Å². The van der Waals surface area contributed by atoms with E-state index >= 15 is 0 Å². The van der Waals surface area contributed by atoms with Gasteiger partial charge in [0.05, 0.1) is 23.9 Å². The van der Waals surface area contributed by atoms with E-state index in [9.17, 15) is 0 Å². The van der Waals surface area contributed by atoms with Gasteiger partial charge in [0.2, 0.25) is 0 Å². The van der Waals surface area contributed by atoms with Gasteiger partial charge in [0, 0.05) is 10.7 Å². The maximum absolute atomic E-state index is 8.90. The fraction of sp³-hybridized carbons (Fsp3) is 0.222. The molecule has 0 fully saturated rings. The summed E-state index contributed by atoms with van der Waals surface area (Å²) >= 11 is 3.42. The lowest BCUT2D eigenvalue weighted by atomic mass is 10.2. The van der Waals surface area contributed by atoms with E-state index in [4.69, 9.17) is 10.8 Å². The highest BCUT2D eigenvalue weighted by Crippen LogP contribution is 2.20. The van der Waals surface area contributed by atoms with Crippen LogP contribution in [-0.4, -0.2) is 21.3 Å². The van der Waals surface area contributed by atoms with Crippen LogP contribution in [0.5, 0.6) is 0 Å². The largest absolute Gasteiger partial charge is 0.394 e. The molecule has 2 aromatic heterocycles. The van der Waals surface area contributed by atoms with Gasteiger partial charge in [-0.25, -0.2) is 4.52 Å². The van der Waals surface area contributed by atoms with Crippen LogP contribution >= 0.6 is 15.9 Å². The number of hydrogen-bond donors (Lipinski definition) is 2. The molecule has 1 unspecified atom stereocenters. The molecule has 2 aromatic rings. The zero-order chi connectivity index (χ0) is 10.1. The molecular formula is C9H10BrN3O. The lowest BCUT2D eigenvalue weighted by Crippen LogP contribution is -2.14. The molecule has 4 nitrogen and oxygen atoms in total. The second kappa shape index (κ2) is 3.68. The molecule has 0 aliphatic carbocycles. The fourth-order valence-electron chi connectivity index (χ4n) is 1.27. The van der Waals surface area contributed by atoms with Crippen LogP contribution in [0.2, 0.25) is 0 Å². The van der Waals surface area contributed by atoms with Crippen molar-refractivity contribution in [1.82, 2.24) is 9.61 Å². The Morgan fingerprint density at radius 3 is 3.07 bits per heavy atom. The van der Waals surface area contributed by atoms with Crippen LogP contribution < -0.4 is 5.73 Å². The summed E-state index contributed by atoms with van der Waals surface area (Å²) < 4.78 is 2.69. The van der Waals surface area contributed by atoms with Gasteiger partial charge in [-0.2, -0.15) is 5.10 Å². The first kappa shape index (κ1) is 9.64. The number of aromatic nitrogens is 2. The van der Waals surface area contributed by atoms with E-state index in [-0.39, 0.29) is 6.61 Å². The second-order valence-corrected chi connectivity index (χ2v) is 3.90. The van der Waals surface area contributed by atoms with E-state index < -0.39 is 6.04 Å². The molecule has 0 aliphatic rings. The molecule has 3 N–H and O–H groups in total. The fourth-order valence-corrected chi connectivity index (χ4v) is 1.72. The van der Waals surface area contributed by atoms with Gasteiger partial charge in [0.25, 0.3) is 0 Å². The van der Waals surface area contributed by atoms with E-state index in [0.717, 1.165) is 9.99 Å². The molecule has 0 radical (unpaired) electrons. The summed E-state index contributed by atoms with van der Waals surface area (Å²) in [5, 5.41) is 13.1. The Balaban J connectivity index is 2.56. The van der Waals surface area contributed by atoms with Gasteiger partial charge < -0.3 is 10.8 Å². The summed E-state index contributed by atoms with van der Waals surface area (Å²) in [4.78, 5) is 0. The third-order valence-corrected chi connectivity index (χ3v) is 2.72. The van der Waals surface area contributed by atoms with Crippen molar-refractivity contribution >= 4 is 21.4 Å². The molecular weight excluding hydrogens is 246 g/mol. The van der Waals surface area contributed by atoms with E-state index in [2.05, 4.69) is 21.0 Å². The van der Waals surface area contributed by atoms with E-state index in [1.165, 1.54) is 0 Å². The lowest BCUT2D eigenvalue weighted by molar-refractivity contribution is 0.265. The predicted molar refractivity (Wildman–Crippen MR) is 56.9 cm³/mol. The summed E-state index contributed by atoms with van der Waals surface area (Å²) in [7, 11) is 0. The molecule has 0 amide bonds. The molecule has 1 atom stereocenters. The smallest absolute Gasteiger partial charge is 0.0826 e. The van der Waals surface area contributed by atoms with E-state index in [1.807, 2.05) is 24.4 Å². The van der Waals surface area contributed by atoms with Crippen molar-refractivity contribution in [3.05, 3.63) is 34.6 Å². The Morgan fingerprint density at radius 1 is 1.64 bits per heavy atom. The molecule has 14 heavy (non-hydrogen) atoms. The lowest BCUT2D eigenvalue weighted by Gasteiger charge is -2.01. The molecule has 0 saturated heterocycles. The van der Waals surface area contributed by atoms with Crippen LogP contribution in [0, 0.1) is 0 Å². The SMILES string of the molecule is NC(CO)c1cc2c(Br)cccn2n1. The number of rotatable bonds is 2. The summed E-state index contributed by atoms with van der Waals surface area (Å²) in [6, 6.07) is 5.27. The van der Waals surface area contributed by atoms with Crippen molar-refractivity contribution in [2.75, 3.05) is 6.61 Å². The summed E-state index contributed by atoms with van der Waals surface area (Å²) in [6.45, 7) is -0.0957. The predicted octanol–water partition coefficient (Wildman–Crippen LogP) is 1.09. The minimum absolute atomic E-state index is 0.0957. The Kier molecular flexibility index (Phi) is 2.54. The topological polar surface area (TPSA) is 63.5 Å². The van der Waals surface area contributed by atoms with Crippen molar-refractivity contribution in [3.63, 3.8) is 0 Å². The van der Waals surface area contributed by atoms with Gasteiger partial charge in [-0.3, -0.25) is 0 Å². The average Bonchev–Trinajstić information content (AvgIpc) is 2.62. The Morgan fingerprint density at radius 2 is 2.43 bits per heavy atom. The number of aliphatic hydroxyl groups is 1. The molecule has 2 rings (SSSR count). The van der Waals surface area contributed by atoms with Gasteiger partial charge in [0.15, 0.2) is 0 Å². The number of fused-ring (bicyclic) bond motifs is 1. The molecule has 2 heterocycles. The van der Waals surface area contributed by atoms with Crippen molar-refractivity contribution < 1.29 is 5.11 Å². The standard InChI is InChI=1S/C9H10BrN3O/c10-6-2-1-3-13-9(6)4-8(12-13)7(11)5-14/h1-4,7,14H,5,11H2. The first-order chi connectivity index (χ1) is 6.72. The van der Waals surface area contributed by atoms with Crippen LogP contribution in [0.1, 0.15) is 11.7 Å². The Hall–Kier alpha value is -0.910. The average molecular weight is 256 g/mol. The molecule has 0 aliphatic heterocycles. The third kappa shape index (κ3) is 1.54. The number of aliphatic hydroxyl groups excluding tert-OH is 1.